The van der Waals surface area contributed by atoms with E-state index in [9.17, 15) is 4.79 Å². The molecule has 0 amide bonds. The van der Waals surface area contributed by atoms with Gasteiger partial charge in [-0.1, -0.05) is 6.42 Å². The molecule has 0 aromatic carbocycles. The Labute approximate surface area is 130 Å². The summed E-state index contributed by atoms with van der Waals surface area (Å²) in [4.78, 5) is 14.7. The standard InChI is InChI=1S/C17H34N2O2/c1-6-21-16(20)17(4,18-14(2)3)12-7-8-13-19(5)15-10-9-11-15/h14-15,18H,6-13H2,1-5H3. The number of hydrogen-bond acceptors (Lipinski definition) is 4. The molecule has 1 aliphatic carbocycles. The first-order chi connectivity index (χ1) is 9.89. The van der Waals surface area contributed by atoms with Crippen molar-refractivity contribution >= 4 is 5.97 Å². The van der Waals surface area contributed by atoms with Gasteiger partial charge in [-0.3, -0.25) is 10.1 Å². The fourth-order valence-corrected chi connectivity index (χ4v) is 3.01. The minimum absolute atomic E-state index is 0.119. The Morgan fingerprint density at radius 3 is 2.52 bits per heavy atom. The second-order valence-electron chi connectivity index (χ2n) is 6.87. The first-order valence-corrected chi connectivity index (χ1v) is 8.54. The lowest BCUT2D eigenvalue weighted by atomic mass is 9.91. The maximum absolute atomic E-state index is 12.2. The van der Waals surface area contributed by atoms with Crippen LogP contribution in [0, 0.1) is 0 Å². The van der Waals surface area contributed by atoms with Crippen molar-refractivity contribution in [2.45, 2.75) is 83.8 Å². The van der Waals surface area contributed by atoms with Crippen molar-refractivity contribution in [1.82, 2.24) is 10.2 Å². The van der Waals surface area contributed by atoms with Crippen LogP contribution in [0.1, 0.15) is 66.2 Å². The molecule has 1 rings (SSSR count). The Bertz CT molecular complexity index is 316. The highest BCUT2D eigenvalue weighted by molar-refractivity contribution is 5.80. The van der Waals surface area contributed by atoms with Crippen LogP contribution in [0.4, 0.5) is 0 Å². The van der Waals surface area contributed by atoms with E-state index in [1.165, 1.54) is 19.3 Å². The largest absolute Gasteiger partial charge is 0.465 e. The van der Waals surface area contributed by atoms with Gasteiger partial charge in [0.25, 0.3) is 0 Å². The number of esters is 1. The lowest BCUT2D eigenvalue weighted by Gasteiger charge is -2.35. The van der Waals surface area contributed by atoms with E-state index in [-0.39, 0.29) is 12.0 Å². The molecule has 4 nitrogen and oxygen atoms in total. The highest BCUT2D eigenvalue weighted by atomic mass is 16.5. The number of unbranched alkanes of at least 4 members (excludes halogenated alkanes) is 1. The molecule has 1 fully saturated rings. The Kier molecular flexibility index (Phi) is 7.67. The van der Waals surface area contributed by atoms with Crippen LogP contribution in [0.15, 0.2) is 0 Å². The van der Waals surface area contributed by atoms with Gasteiger partial charge in [0.15, 0.2) is 0 Å². The molecular formula is C17H34N2O2. The van der Waals surface area contributed by atoms with Gasteiger partial charge >= 0.3 is 5.97 Å². The Hall–Kier alpha value is -0.610. The van der Waals surface area contributed by atoms with Crippen molar-refractivity contribution in [2.24, 2.45) is 0 Å². The van der Waals surface area contributed by atoms with E-state index in [1.54, 1.807) is 0 Å². The van der Waals surface area contributed by atoms with Crippen molar-refractivity contribution in [3.05, 3.63) is 0 Å². The normalized spacial score (nSPS) is 18.6. The minimum atomic E-state index is -0.556. The summed E-state index contributed by atoms with van der Waals surface area (Å²) < 4.78 is 5.24. The van der Waals surface area contributed by atoms with Gasteiger partial charge in [0.1, 0.15) is 5.54 Å². The zero-order valence-electron chi connectivity index (χ0n) is 14.6. The molecule has 1 atom stereocenters. The summed E-state index contributed by atoms with van der Waals surface area (Å²) in [5.74, 6) is -0.119. The van der Waals surface area contributed by atoms with Gasteiger partial charge in [0, 0.05) is 12.1 Å². The Morgan fingerprint density at radius 2 is 2.05 bits per heavy atom. The highest BCUT2D eigenvalue weighted by Gasteiger charge is 2.34. The summed E-state index contributed by atoms with van der Waals surface area (Å²) in [6.45, 7) is 9.55. The van der Waals surface area contributed by atoms with E-state index in [2.05, 4.69) is 31.1 Å². The molecule has 0 bridgehead atoms. The van der Waals surface area contributed by atoms with Crippen LogP contribution < -0.4 is 5.32 Å². The smallest absolute Gasteiger partial charge is 0.326 e. The second-order valence-corrected chi connectivity index (χ2v) is 6.87. The summed E-state index contributed by atoms with van der Waals surface area (Å²) in [6.07, 6.45) is 7.11. The second kappa shape index (κ2) is 8.74. The van der Waals surface area contributed by atoms with E-state index in [0.717, 1.165) is 31.8 Å². The number of hydrogen-bond donors (Lipinski definition) is 1. The first-order valence-electron chi connectivity index (χ1n) is 8.54. The van der Waals surface area contributed by atoms with Crippen LogP contribution in [0.25, 0.3) is 0 Å². The fraction of sp³-hybridized carbons (Fsp3) is 0.941. The number of rotatable bonds is 10. The van der Waals surface area contributed by atoms with E-state index < -0.39 is 5.54 Å². The molecule has 1 saturated carbocycles. The van der Waals surface area contributed by atoms with Crippen molar-refractivity contribution in [2.75, 3.05) is 20.2 Å². The molecule has 0 aliphatic heterocycles. The monoisotopic (exact) mass is 298 g/mol. The molecule has 0 spiro atoms. The number of nitrogens with zero attached hydrogens (tertiary/aromatic N) is 1. The molecule has 0 saturated heterocycles. The average molecular weight is 298 g/mol. The van der Waals surface area contributed by atoms with E-state index in [4.69, 9.17) is 4.74 Å². The molecular weight excluding hydrogens is 264 g/mol. The van der Waals surface area contributed by atoms with Gasteiger partial charge in [0.2, 0.25) is 0 Å². The molecule has 1 aliphatic rings. The van der Waals surface area contributed by atoms with Gasteiger partial charge in [-0.05, 0) is 73.4 Å². The molecule has 21 heavy (non-hydrogen) atoms. The SMILES string of the molecule is CCOC(=O)C(C)(CCCCN(C)C1CCC1)NC(C)C. The molecule has 0 radical (unpaired) electrons. The molecule has 124 valence electrons. The highest BCUT2D eigenvalue weighted by Crippen LogP contribution is 2.24. The Balaban J connectivity index is 2.36. The molecule has 0 heterocycles. The number of ether oxygens (including phenoxy) is 1. The van der Waals surface area contributed by atoms with Crippen LogP contribution in [0.2, 0.25) is 0 Å². The molecule has 1 unspecified atom stereocenters. The maximum Gasteiger partial charge on any atom is 0.326 e. The lowest BCUT2D eigenvalue weighted by molar-refractivity contribution is -0.151. The van der Waals surface area contributed by atoms with Gasteiger partial charge in [0.05, 0.1) is 6.61 Å². The predicted molar refractivity (Wildman–Crippen MR) is 87.4 cm³/mol. The predicted octanol–water partition coefficient (Wildman–Crippen LogP) is 2.96. The summed E-state index contributed by atoms with van der Waals surface area (Å²) >= 11 is 0. The van der Waals surface area contributed by atoms with Crippen molar-refractivity contribution in [1.29, 1.82) is 0 Å². The third kappa shape index (κ3) is 5.95. The number of carbonyl (C=O) groups is 1. The van der Waals surface area contributed by atoms with Gasteiger partial charge < -0.3 is 9.64 Å². The third-order valence-electron chi connectivity index (χ3n) is 4.47. The number of nitrogens with one attached hydrogen (secondary N) is 1. The third-order valence-corrected chi connectivity index (χ3v) is 4.47. The first kappa shape index (κ1) is 18.4. The zero-order chi connectivity index (χ0) is 15.9. The lowest BCUT2D eigenvalue weighted by Crippen LogP contribution is -2.53. The summed E-state index contributed by atoms with van der Waals surface area (Å²) in [6, 6.07) is 1.08. The fourth-order valence-electron chi connectivity index (χ4n) is 3.01. The van der Waals surface area contributed by atoms with Gasteiger partial charge in [-0.2, -0.15) is 0 Å². The average Bonchev–Trinajstić information content (AvgIpc) is 2.32. The van der Waals surface area contributed by atoms with Gasteiger partial charge in [-0.15, -0.1) is 0 Å². The summed E-state index contributed by atoms with van der Waals surface area (Å²) in [5.41, 5.74) is -0.556. The molecule has 0 aromatic heterocycles. The van der Waals surface area contributed by atoms with Crippen LogP contribution in [0.3, 0.4) is 0 Å². The van der Waals surface area contributed by atoms with Crippen LogP contribution in [-0.2, 0) is 9.53 Å². The zero-order valence-corrected chi connectivity index (χ0v) is 14.6. The van der Waals surface area contributed by atoms with Crippen molar-refractivity contribution in [3.8, 4) is 0 Å². The molecule has 4 heteroatoms. The maximum atomic E-state index is 12.2. The minimum Gasteiger partial charge on any atom is -0.465 e. The van der Waals surface area contributed by atoms with E-state index in [0.29, 0.717) is 6.61 Å². The Morgan fingerprint density at radius 1 is 1.38 bits per heavy atom. The van der Waals surface area contributed by atoms with Crippen LogP contribution >= 0.6 is 0 Å². The van der Waals surface area contributed by atoms with E-state index >= 15 is 0 Å². The molecule has 1 N–H and O–H groups in total. The number of carbonyl (C=O) groups excluding carboxylic acids is 1. The van der Waals surface area contributed by atoms with Crippen LogP contribution in [-0.4, -0.2) is 48.7 Å². The quantitative estimate of drug-likeness (QED) is 0.497. The van der Waals surface area contributed by atoms with Gasteiger partial charge in [-0.25, -0.2) is 0 Å². The molecule has 0 aromatic rings. The topological polar surface area (TPSA) is 41.6 Å². The summed E-state index contributed by atoms with van der Waals surface area (Å²) in [7, 11) is 2.22. The van der Waals surface area contributed by atoms with Crippen molar-refractivity contribution in [3.63, 3.8) is 0 Å². The van der Waals surface area contributed by atoms with E-state index in [1.807, 2.05) is 13.8 Å². The van der Waals surface area contributed by atoms with Crippen molar-refractivity contribution < 1.29 is 9.53 Å². The summed E-state index contributed by atoms with van der Waals surface area (Å²) in [5, 5.41) is 3.39. The van der Waals surface area contributed by atoms with Crippen LogP contribution in [0.5, 0.6) is 0 Å².